The second-order valence-corrected chi connectivity index (χ2v) is 6.67. The van der Waals surface area contributed by atoms with Gasteiger partial charge in [-0.05, 0) is 38.3 Å². The van der Waals surface area contributed by atoms with E-state index in [1.165, 1.54) is 11.1 Å². The molecule has 0 spiro atoms. The zero-order chi connectivity index (χ0) is 17.1. The fraction of sp³-hybridized carbons (Fsp3) is 0.556. The van der Waals surface area contributed by atoms with Crippen LogP contribution in [-0.2, 0) is 11.2 Å². The van der Waals surface area contributed by atoms with Crippen molar-refractivity contribution < 1.29 is 9.59 Å². The van der Waals surface area contributed by atoms with Crippen molar-refractivity contribution in [3.8, 4) is 0 Å². The first-order valence-corrected chi connectivity index (χ1v) is 8.76. The molecule has 1 fully saturated rings. The molecule has 0 radical (unpaired) electrons. The van der Waals surface area contributed by atoms with Crippen LogP contribution in [0, 0.1) is 6.92 Å². The van der Waals surface area contributed by atoms with Crippen LogP contribution in [-0.4, -0.2) is 48.6 Å². The number of carbonyl (C=O) groups excluding carboxylic acids is 2. The molecule has 6 heteroatoms. The number of rotatable bonds is 3. The van der Waals surface area contributed by atoms with Gasteiger partial charge in [-0.2, -0.15) is 0 Å². The Bertz CT molecular complexity index is 623. The number of anilines is 1. The number of carbonyl (C=O) groups is 2. The molecule has 3 rings (SSSR count). The summed E-state index contributed by atoms with van der Waals surface area (Å²) in [5.41, 5.74) is 3.49. The Labute approximate surface area is 143 Å². The Balaban J connectivity index is 1.48. The first kappa shape index (κ1) is 16.6. The summed E-state index contributed by atoms with van der Waals surface area (Å²) in [5, 5.41) is 9.27. The lowest BCUT2D eigenvalue weighted by atomic mass is 10.0. The average molecular weight is 330 g/mol. The number of amides is 3. The molecule has 6 nitrogen and oxygen atoms in total. The van der Waals surface area contributed by atoms with Crippen molar-refractivity contribution in [2.75, 3.05) is 25.0 Å². The first-order chi connectivity index (χ1) is 11.6. The summed E-state index contributed by atoms with van der Waals surface area (Å²) in [6.07, 6.45) is 2.35. The predicted octanol–water partition coefficient (Wildman–Crippen LogP) is 1.64. The molecule has 3 amide bonds. The van der Waals surface area contributed by atoms with Crippen LogP contribution in [0.1, 0.15) is 30.9 Å². The van der Waals surface area contributed by atoms with Gasteiger partial charge in [-0.25, -0.2) is 4.79 Å². The fourth-order valence-corrected chi connectivity index (χ4v) is 3.44. The zero-order valence-corrected chi connectivity index (χ0v) is 14.4. The van der Waals surface area contributed by atoms with Crippen LogP contribution < -0.4 is 16.0 Å². The largest absolute Gasteiger partial charge is 0.373 e. The van der Waals surface area contributed by atoms with Gasteiger partial charge in [0.15, 0.2) is 0 Å². The average Bonchev–Trinajstić information content (AvgIpc) is 2.99. The predicted molar refractivity (Wildman–Crippen MR) is 94.1 cm³/mol. The summed E-state index contributed by atoms with van der Waals surface area (Å²) < 4.78 is 0. The highest BCUT2D eigenvalue weighted by molar-refractivity contribution is 5.87. The molecule has 0 aliphatic carbocycles. The van der Waals surface area contributed by atoms with Gasteiger partial charge in [-0.15, -0.1) is 0 Å². The Hall–Kier alpha value is -2.24. The molecule has 0 unspecified atom stereocenters. The quantitative estimate of drug-likeness (QED) is 0.789. The summed E-state index contributed by atoms with van der Waals surface area (Å²) in [4.78, 5) is 26.1. The molecule has 2 heterocycles. The minimum atomic E-state index is -0.191. The number of likely N-dealkylation sites (tertiary alicyclic amines) is 1. The SMILES string of the molecule is CCNC(=O)N1CCC(NC(=O)[C@@H]2Cc3cc(C)ccc3N2)CC1. The topological polar surface area (TPSA) is 73.5 Å². The van der Waals surface area contributed by atoms with Crippen molar-refractivity contribution in [1.29, 1.82) is 0 Å². The normalized spacial score (nSPS) is 20.2. The highest BCUT2D eigenvalue weighted by atomic mass is 16.2. The standard InChI is InChI=1S/C18H26N4O2/c1-3-19-18(24)22-8-6-14(7-9-22)20-17(23)16-11-13-10-12(2)4-5-15(13)21-16/h4-5,10,14,16,21H,3,6-9,11H2,1-2H3,(H,19,24)(H,20,23)/t16-/m0/s1. The molecule has 1 saturated heterocycles. The highest BCUT2D eigenvalue weighted by Gasteiger charge is 2.29. The van der Waals surface area contributed by atoms with E-state index in [-0.39, 0.29) is 24.0 Å². The fourth-order valence-electron chi connectivity index (χ4n) is 3.44. The van der Waals surface area contributed by atoms with Crippen LogP contribution in [0.5, 0.6) is 0 Å². The minimum absolute atomic E-state index is 0.00874. The van der Waals surface area contributed by atoms with Gasteiger partial charge in [0.2, 0.25) is 5.91 Å². The van der Waals surface area contributed by atoms with Gasteiger partial charge in [-0.1, -0.05) is 17.7 Å². The van der Waals surface area contributed by atoms with Crippen LogP contribution in [0.4, 0.5) is 10.5 Å². The molecule has 130 valence electrons. The molecule has 1 aromatic carbocycles. The van der Waals surface area contributed by atoms with Gasteiger partial charge in [0, 0.05) is 37.8 Å². The second-order valence-electron chi connectivity index (χ2n) is 6.67. The van der Waals surface area contributed by atoms with Crippen molar-refractivity contribution in [2.24, 2.45) is 0 Å². The Morgan fingerprint density at radius 3 is 2.75 bits per heavy atom. The van der Waals surface area contributed by atoms with E-state index in [1.807, 2.05) is 17.9 Å². The van der Waals surface area contributed by atoms with Gasteiger partial charge >= 0.3 is 6.03 Å². The molecule has 1 aromatic rings. The molecule has 1 atom stereocenters. The van der Waals surface area contributed by atoms with Gasteiger partial charge in [-0.3, -0.25) is 4.79 Å². The molecule has 0 aromatic heterocycles. The molecular formula is C18H26N4O2. The Morgan fingerprint density at radius 2 is 2.04 bits per heavy atom. The van der Waals surface area contributed by atoms with Gasteiger partial charge in [0.25, 0.3) is 0 Å². The number of hydrogen-bond donors (Lipinski definition) is 3. The van der Waals surface area contributed by atoms with E-state index in [0.29, 0.717) is 19.6 Å². The highest BCUT2D eigenvalue weighted by Crippen LogP contribution is 2.26. The third kappa shape index (κ3) is 3.63. The van der Waals surface area contributed by atoms with E-state index in [9.17, 15) is 9.59 Å². The second kappa shape index (κ2) is 7.11. The van der Waals surface area contributed by atoms with Gasteiger partial charge in [0.05, 0.1) is 0 Å². The lowest BCUT2D eigenvalue weighted by Gasteiger charge is -2.32. The number of hydrogen-bond acceptors (Lipinski definition) is 3. The number of benzene rings is 1. The molecule has 2 aliphatic rings. The van der Waals surface area contributed by atoms with Crippen molar-refractivity contribution in [1.82, 2.24) is 15.5 Å². The minimum Gasteiger partial charge on any atom is -0.373 e. The summed E-state index contributed by atoms with van der Waals surface area (Å²) in [5.74, 6) is 0.0558. The maximum atomic E-state index is 12.5. The third-order valence-electron chi connectivity index (χ3n) is 4.79. The smallest absolute Gasteiger partial charge is 0.317 e. The number of nitrogens with one attached hydrogen (secondary N) is 3. The summed E-state index contributed by atoms with van der Waals surface area (Å²) in [6.45, 7) is 6.00. The van der Waals surface area contributed by atoms with Gasteiger partial charge < -0.3 is 20.9 Å². The number of fused-ring (bicyclic) bond motifs is 1. The summed E-state index contributed by atoms with van der Waals surface area (Å²) in [6, 6.07) is 6.19. The number of nitrogens with zero attached hydrogens (tertiary/aromatic N) is 1. The van der Waals surface area contributed by atoms with Crippen molar-refractivity contribution in [2.45, 2.75) is 45.2 Å². The number of urea groups is 1. The molecule has 2 aliphatic heterocycles. The lowest BCUT2D eigenvalue weighted by Crippen LogP contribution is -2.51. The molecule has 0 bridgehead atoms. The van der Waals surface area contributed by atoms with E-state index in [0.717, 1.165) is 24.9 Å². The number of aryl methyl sites for hydroxylation is 1. The Kier molecular flexibility index (Phi) is 4.92. The maximum Gasteiger partial charge on any atom is 0.317 e. The zero-order valence-electron chi connectivity index (χ0n) is 14.4. The molecule has 24 heavy (non-hydrogen) atoms. The van der Waals surface area contributed by atoms with E-state index in [4.69, 9.17) is 0 Å². The van der Waals surface area contributed by atoms with Crippen LogP contribution in [0.25, 0.3) is 0 Å². The van der Waals surface area contributed by atoms with E-state index >= 15 is 0 Å². The first-order valence-electron chi connectivity index (χ1n) is 8.76. The van der Waals surface area contributed by atoms with Crippen LogP contribution in [0.15, 0.2) is 18.2 Å². The third-order valence-corrected chi connectivity index (χ3v) is 4.79. The van der Waals surface area contributed by atoms with E-state index in [2.05, 4.69) is 35.0 Å². The van der Waals surface area contributed by atoms with Crippen molar-refractivity contribution in [3.05, 3.63) is 29.3 Å². The van der Waals surface area contributed by atoms with E-state index < -0.39 is 0 Å². The monoisotopic (exact) mass is 330 g/mol. The lowest BCUT2D eigenvalue weighted by molar-refractivity contribution is -0.122. The van der Waals surface area contributed by atoms with Crippen LogP contribution >= 0.6 is 0 Å². The van der Waals surface area contributed by atoms with Crippen molar-refractivity contribution in [3.63, 3.8) is 0 Å². The summed E-state index contributed by atoms with van der Waals surface area (Å²) >= 11 is 0. The van der Waals surface area contributed by atoms with E-state index in [1.54, 1.807) is 0 Å². The van der Waals surface area contributed by atoms with Crippen LogP contribution in [0.2, 0.25) is 0 Å². The molecule has 0 saturated carbocycles. The van der Waals surface area contributed by atoms with Crippen LogP contribution in [0.3, 0.4) is 0 Å². The maximum absolute atomic E-state index is 12.5. The van der Waals surface area contributed by atoms with Crippen molar-refractivity contribution >= 4 is 17.6 Å². The molecule has 3 N–H and O–H groups in total. The Morgan fingerprint density at radius 1 is 1.29 bits per heavy atom. The summed E-state index contributed by atoms with van der Waals surface area (Å²) in [7, 11) is 0. The number of piperidine rings is 1. The molecular weight excluding hydrogens is 304 g/mol. The van der Waals surface area contributed by atoms with Gasteiger partial charge in [0.1, 0.15) is 6.04 Å².